The highest BCUT2D eigenvalue weighted by atomic mass is 32.1. The summed E-state index contributed by atoms with van der Waals surface area (Å²) >= 11 is 1.02. The standard InChI is InChI=1S/C28H27F4N5O3S/c1-13(2)10-19-23(26(33)38)25(24(28-37-36-14(3)40-28)18(35-19)6-9-22(31)32)20-7-8-21(41-20)27(39)34-12-15-4-5-16(29)17(30)11-15/h4-5,7-8,11,13,22H,6,9-10,12H2,1-3H3,(H2,33,38)(H,34,39). The van der Waals surface area contributed by atoms with E-state index in [1.54, 1.807) is 13.0 Å². The van der Waals surface area contributed by atoms with Crippen LogP contribution in [0.4, 0.5) is 17.6 Å². The van der Waals surface area contributed by atoms with Gasteiger partial charge in [0.1, 0.15) is 0 Å². The van der Waals surface area contributed by atoms with Crippen LogP contribution in [0.2, 0.25) is 0 Å². The van der Waals surface area contributed by atoms with E-state index in [1.165, 1.54) is 12.1 Å². The molecule has 0 aliphatic heterocycles. The molecule has 0 aliphatic rings. The third kappa shape index (κ3) is 6.96. The third-order valence-corrected chi connectivity index (χ3v) is 7.15. The lowest BCUT2D eigenvalue weighted by atomic mass is 9.91. The first-order valence-corrected chi connectivity index (χ1v) is 13.5. The molecule has 2 amide bonds. The van der Waals surface area contributed by atoms with Gasteiger partial charge in [-0.05, 0) is 48.6 Å². The van der Waals surface area contributed by atoms with Crippen LogP contribution in [0.3, 0.4) is 0 Å². The van der Waals surface area contributed by atoms with Crippen LogP contribution in [0.25, 0.3) is 21.9 Å². The molecule has 0 saturated carbocycles. The minimum Gasteiger partial charge on any atom is -0.421 e. The van der Waals surface area contributed by atoms with E-state index in [0.717, 1.165) is 23.5 Å². The lowest BCUT2D eigenvalue weighted by Gasteiger charge is -2.19. The number of nitrogens with two attached hydrogens (primary N) is 1. The highest BCUT2D eigenvalue weighted by molar-refractivity contribution is 7.17. The quantitative estimate of drug-likeness (QED) is 0.211. The molecule has 3 N–H and O–H groups in total. The normalized spacial score (nSPS) is 11.4. The van der Waals surface area contributed by atoms with Gasteiger partial charge in [0.2, 0.25) is 18.2 Å². The first-order chi connectivity index (χ1) is 19.4. The molecule has 3 aromatic heterocycles. The molecule has 3 heterocycles. The summed E-state index contributed by atoms with van der Waals surface area (Å²) in [5.41, 5.74) is 7.32. The number of pyridine rings is 1. The zero-order valence-corrected chi connectivity index (χ0v) is 23.3. The average molecular weight is 590 g/mol. The number of thiophene rings is 1. The van der Waals surface area contributed by atoms with Crippen molar-refractivity contribution in [3.05, 3.63) is 75.2 Å². The van der Waals surface area contributed by atoms with Crippen molar-refractivity contribution >= 4 is 23.2 Å². The number of carbonyl (C=O) groups excluding carboxylic acids is 2. The van der Waals surface area contributed by atoms with Crippen LogP contribution in [0.1, 0.15) is 63.1 Å². The molecule has 0 saturated heterocycles. The fourth-order valence-corrected chi connectivity index (χ4v) is 5.28. The largest absolute Gasteiger partial charge is 0.421 e. The Morgan fingerprint density at radius 1 is 1.05 bits per heavy atom. The summed E-state index contributed by atoms with van der Waals surface area (Å²) in [4.78, 5) is 31.1. The van der Waals surface area contributed by atoms with Crippen molar-refractivity contribution in [1.29, 1.82) is 0 Å². The van der Waals surface area contributed by atoms with E-state index in [2.05, 4.69) is 20.5 Å². The molecule has 1 aromatic carbocycles. The molecule has 4 rings (SSSR count). The Morgan fingerprint density at radius 3 is 2.41 bits per heavy atom. The number of benzene rings is 1. The number of aryl methyl sites for hydroxylation is 2. The molecule has 8 nitrogen and oxygen atoms in total. The number of amides is 2. The number of aromatic nitrogens is 3. The summed E-state index contributed by atoms with van der Waals surface area (Å²) in [5, 5.41) is 10.6. The maximum Gasteiger partial charge on any atom is 0.261 e. The number of primary amides is 1. The predicted molar refractivity (Wildman–Crippen MR) is 144 cm³/mol. The number of nitrogens with one attached hydrogen (secondary N) is 1. The van der Waals surface area contributed by atoms with Crippen molar-refractivity contribution in [1.82, 2.24) is 20.5 Å². The highest BCUT2D eigenvalue weighted by Crippen LogP contribution is 2.42. The van der Waals surface area contributed by atoms with Crippen molar-refractivity contribution in [2.24, 2.45) is 11.7 Å². The van der Waals surface area contributed by atoms with Gasteiger partial charge in [0.15, 0.2) is 11.6 Å². The van der Waals surface area contributed by atoms with Crippen molar-refractivity contribution in [2.75, 3.05) is 0 Å². The minimum atomic E-state index is -2.60. The summed E-state index contributed by atoms with van der Waals surface area (Å²) in [7, 11) is 0. The molecule has 216 valence electrons. The van der Waals surface area contributed by atoms with Gasteiger partial charge in [-0.3, -0.25) is 14.6 Å². The fourth-order valence-electron chi connectivity index (χ4n) is 4.30. The number of halogens is 4. The summed E-state index contributed by atoms with van der Waals surface area (Å²) in [6.45, 7) is 5.33. The molecule has 0 radical (unpaired) electrons. The molecule has 13 heteroatoms. The maximum absolute atomic E-state index is 13.6. The monoisotopic (exact) mass is 589 g/mol. The zero-order chi connectivity index (χ0) is 29.8. The van der Waals surface area contributed by atoms with Crippen LogP contribution in [-0.2, 0) is 19.4 Å². The Kier molecular flexibility index (Phi) is 9.16. The summed E-state index contributed by atoms with van der Waals surface area (Å²) < 4.78 is 59.0. The van der Waals surface area contributed by atoms with Gasteiger partial charge in [-0.15, -0.1) is 21.5 Å². The number of carbonyl (C=O) groups is 2. The first kappa shape index (κ1) is 29.8. The molecule has 4 aromatic rings. The van der Waals surface area contributed by atoms with Crippen LogP contribution >= 0.6 is 11.3 Å². The SMILES string of the molecule is Cc1nnc(-c2c(CCC(F)F)nc(CC(C)C)c(C(N)=O)c2-c2ccc(C(=O)NCc3ccc(F)c(F)c3)s2)o1. The van der Waals surface area contributed by atoms with E-state index in [4.69, 9.17) is 10.2 Å². The topological polar surface area (TPSA) is 124 Å². The Balaban J connectivity index is 1.83. The van der Waals surface area contributed by atoms with Gasteiger partial charge in [0, 0.05) is 30.3 Å². The number of rotatable bonds is 11. The smallest absolute Gasteiger partial charge is 0.261 e. The van der Waals surface area contributed by atoms with Gasteiger partial charge in [-0.1, -0.05) is 19.9 Å². The van der Waals surface area contributed by atoms with Gasteiger partial charge in [0.25, 0.3) is 11.8 Å². The molecule has 0 fully saturated rings. The van der Waals surface area contributed by atoms with E-state index in [9.17, 15) is 27.2 Å². The molecule has 0 atom stereocenters. The van der Waals surface area contributed by atoms with E-state index in [1.807, 2.05) is 13.8 Å². The van der Waals surface area contributed by atoms with Crippen LogP contribution in [0, 0.1) is 24.5 Å². The first-order valence-electron chi connectivity index (χ1n) is 12.7. The van der Waals surface area contributed by atoms with E-state index < -0.39 is 36.3 Å². The van der Waals surface area contributed by atoms with Gasteiger partial charge in [-0.2, -0.15) is 0 Å². The summed E-state index contributed by atoms with van der Waals surface area (Å²) in [6, 6.07) is 6.43. The second-order valence-corrected chi connectivity index (χ2v) is 10.8. The van der Waals surface area contributed by atoms with Crippen molar-refractivity contribution in [3.63, 3.8) is 0 Å². The number of hydrogen-bond donors (Lipinski definition) is 2. The highest BCUT2D eigenvalue weighted by Gasteiger charge is 2.29. The van der Waals surface area contributed by atoms with Crippen LogP contribution in [-0.4, -0.2) is 33.4 Å². The predicted octanol–water partition coefficient (Wildman–Crippen LogP) is 5.87. The van der Waals surface area contributed by atoms with E-state index in [-0.39, 0.29) is 57.9 Å². The van der Waals surface area contributed by atoms with Crippen molar-refractivity contribution < 1.29 is 31.6 Å². The minimum absolute atomic E-state index is 0.0226. The van der Waals surface area contributed by atoms with Crippen molar-refractivity contribution in [2.45, 2.75) is 53.0 Å². The summed E-state index contributed by atoms with van der Waals surface area (Å²) in [6.07, 6.45) is -2.90. The second-order valence-electron chi connectivity index (χ2n) is 9.74. The molecular formula is C28H27F4N5O3S. The number of hydrogen-bond acceptors (Lipinski definition) is 7. The molecular weight excluding hydrogens is 562 g/mol. The Labute approximate surface area is 237 Å². The fraction of sp³-hybridized carbons (Fsp3) is 0.321. The van der Waals surface area contributed by atoms with Gasteiger partial charge < -0.3 is 15.5 Å². The second kappa shape index (κ2) is 12.6. The molecule has 0 unspecified atom stereocenters. The number of alkyl halides is 2. The Hall–Kier alpha value is -4.13. The van der Waals surface area contributed by atoms with Crippen molar-refractivity contribution in [3.8, 4) is 21.9 Å². The van der Waals surface area contributed by atoms with Gasteiger partial charge in [-0.25, -0.2) is 17.6 Å². The van der Waals surface area contributed by atoms with Crippen LogP contribution in [0.15, 0.2) is 34.7 Å². The lowest BCUT2D eigenvalue weighted by molar-refractivity contribution is 0.0953. The van der Waals surface area contributed by atoms with Crippen LogP contribution < -0.4 is 11.1 Å². The number of nitrogens with zero attached hydrogens (tertiary/aromatic N) is 3. The third-order valence-electron chi connectivity index (χ3n) is 6.05. The van der Waals surface area contributed by atoms with Gasteiger partial charge >= 0.3 is 0 Å². The van der Waals surface area contributed by atoms with Gasteiger partial charge in [0.05, 0.1) is 27.4 Å². The molecule has 0 bridgehead atoms. The van der Waals surface area contributed by atoms with E-state index in [0.29, 0.717) is 22.6 Å². The summed E-state index contributed by atoms with van der Waals surface area (Å²) in [5.74, 6) is -3.09. The molecule has 0 aliphatic carbocycles. The lowest BCUT2D eigenvalue weighted by Crippen LogP contribution is -2.21. The van der Waals surface area contributed by atoms with Crippen LogP contribution in [0.5, 0.6) is 0 Å². The maximum atomic E-state index is 13.6. The molecule has 0 spiro atoms. The Bertz CT molecular complexity index is 1580. The average Bonchev–Trinajstić information content (AvgIpc) is 3.56. The molecule has 41 heavy (non-hydrogen) atoms. The van der Waals surface area contributed by atoms with E-state index >= 15 is 0 Å². The zero-order valence-electron chi connectivity index (χ0n) is 22.4. The Morgan fingerprint density at radius 2 is 1.80 bits per heavy atom.